The van der Waals surface area contributed by atoms with Crippen molar-refractivity contribution in [2.45, 2.75) is 6.54 Å². The fourth-order valence-electron chi connectivity index (χ4n) is 2.70. The number of aromatic nitrogens is 1. The van der Waals surface area contributed by atoms with Crippen LogP contribution in [0, 0.1) is 0 Å². The van der Waals surface area contributed by atoms with Crippen LogP contribution in [0.25, 0.3) is 0 Å². The molecule has 0 fully saturated rings. The van der Waals surface area contributed by atoms with Crippen LogP contribution in [0.5, 0.6) is 17.2 Å². The van der Waals surface area contributed by atoms with Gasteiger partial charge in [-0.3, -0.25) is 9.78 Å². The lowest BCUT2D eigenvalue weighted by molar-refractivity contribution is 0.102. The molecule has 0 atom stereocenters. The summed E-state index contributed by atoms with van der Waals surface area (Å²) in [6.07, 6.45) is 1.59. The molecule has 150 valence electrons. The van der Waals surface area contributed by atoms with Crippen molar-refractivity contribution in [3.63, 3.8) is 0 Å². The summed E-state index contributed by atoms with van der Waals surface area (Å²) >= 11 is 0. The van der Waals surface area contributed by atoms with Gasteiger partial charge in [-0.25, -0.2) is 0 Å². The largest absolute Gasteiger partial charge is 0.497 e. The summed E-state index contributed by atoms with van der Waals surface area (Å²) in [7, 11) is 4.74. The first-order chi connectivity index (χ1) is 14.1. The Labute approximate surface area is 169 Å². The summed E-state index contributed by atoms with van der Waals surface area (Å²) < 4.78 is 15.7. The zero-order valence-corrected chi connectivity index (χ0v) is 16.6. The Balaban J connectivity index is 1.67. The Kier molecular flexibility index (Phi) is 6.52. The van der Waals surface area contributed by atoms with E-state index in [2.05, 4.69) is 15.6 Å². The van der Waals surface area contributed by atoms with Gasteiger partial charge in [-0.2, -0.15) is 0 Å². The first-order valence-electron chi connectivity index (χ1n) is 8.99. The molecule has 29 heavy (non-hydrogen) atoms. The van der Waals surface area contributed by atoms with Crippen LogP contribution in [0.3, 0.4) is 0 Å². The van der Waals surface area contributed by atoms with Gasteiger partial charge in [0.05, 0.1) is 27.0 Å². The van der Waals surface area contributed by atoms with Crippen LogP contribution in [-0.4, -0.2) is 32.2 Å². The molecule has 0 saturated heterocycles. The molecule has 2 N–H and O–H groups in total. The van der Waals surface area contributed by atoms with E-state index in [4.69, 9.17) is 14.2 Å². The normalized spacial score (nSPS) is 10.2. The fourth-order valence-corrected chi connectivity index (χ4v) is 2.70. The van der Waals surface area contributed by atoms with Gasteiger partial charge in [0.15, 0.2) is 0 Å². The molecule has 1 aromatic heterocycles. The van der Waals surface area contributed by atoms with Crippen LogP contribution in [0.2, 0.25) is 0 Å². The number of methoxy groups -OCH3 is 3. The van der Waals surface area contributed by atoms with Crippen molar-refractivity contribution in [2.24, 2.45) is 0 Å². The maximum absolute atomic E-state index is 12.6. The van der Waals surface area contributed by atoms with Gasteiger partial charge in [0, 0.05) is 24.5 Å². The average molecular weight is 393 g/mol. The number of ether oxygens (including phenoxy) is 3. The number of nitrogens with one attached hydrogen (secondary N) is 2. The van der Waals surface area contributed by atoms with Gasteiger partial charge in [-0.1, -0.05) is 12.1 Å². The van der Waals surface area contributed by atoms with Crippen molar-refractivity contribution in [3.8, 4) is 17.2 Å². The number of hydrogen-bond acceptors (Lipinski definition) is 6. The van der Waals surface area contributed by atoms with Gasteiger partial charge in [-0.05, 0) is 42.0 Å². The number of nitrogens with zero attached hydrogens (tertiary/aromatic N) is 1. The minimum atomic E-state index is -0.332. The highest BCUT2D eigenvalue weighted by molar-refractivity contribution is 6.04. The summed E-state index contributed by atoms with van der Waals surface area (Å²) in [5.74, 6) is 1.63. The van der Waals surface area contributed by atoms with Crippen molar-refractivity contribution in [3.05, 3.63) is 72.1 Å². The molecular formula is C22H23N3O4. The Morgan fingerprint density at radius 3 is 2.31 bits per heavy atom. The average Bonchev–Trinajstić information content (AvgIpc) is 2.78. The van der Waals surface area contributed by atoms with E-state index in [-0.39, 0.29) is 5.91 Å². The molecule has 0 bridgehead atoms. The van der Waals surface area contributed by atoms with Crippen LogP contribution in [0.1, 0.15) is 16.1 Å². The van der Waals surface area contributed by atoms with E-state index in [1.807, 2.05) is 30.3 Å². The molecule has 0 radical (unpaired) electrons. The molecule has 7 nitrogen and oxygen atoms in total. The minimum absolute atomic E-state index is 0.294. The van der Waals surface area contributed by atoms with Crippen molar-refractivity contribution < 1.29 is 19.0 Å². The Morgan fingerprint density at radius 1 is 0.897 bits per heavy atom. The minimum Gasteiger partial charge on any atom is -0.497 e. The molecule has 7 heteroatoms. The van der Waals surface area contributed by atoms with E-state index in [1.165, 1.54) is 7.11 Å². The zero-order chi connectivity index (χ0) is 20.6. The number of pyridine rings is 1. The standard InChI is InChI=1S/C22H23N3O4/c1-27-17-6-4-15(5-7-17)14-24-16-10-11-23-20(12-16)22(26)25-19-9-8-18(28-2)13-21(19)29-3/h4-13H,14H2,1-3H3,(H,23,24)(H,25,26). The molecule has 2 aromatic carbocycles. The van der Waals surface area contributed by atoms with Crippen LogP contribution in [0.15, 0.2) is 60.8 Å². The Bertz CT molecular complexity index is 974. The van der Waals surface area contributed by atoms with E-state index in [9.17, 15) is 4.79 Å². The lowest BCUT2D eigenvalue weighted by Crippen LogP contribution is -2.14. The van der Waals surface area contributed by atoms with E-state index < -0.39 is 0 Å². The monoisotopic (exact) mass is 393 g/mol. The fraction of sp³-hybridized carbons (Fsp3) is 0.182. The SMILES string of the molecule is COc1ccc(CNc2ccnc(C(=O)Nc3ccc(OC)cc3OC)c2)cc1. The third-order valence-corrected chi connectivity index (χ3v) is 4.31. The quantitative estimate of drug-likeness (QED) is 0.603. The van der Waals surface area contributed by atoms with E-state index in [0.29, 0.717) is 29.4 Å². The first kappa shape index (κ1) is 20.0. The molecular weight excluding hydrogens is 370 g/mol. The lowest BCUT2D eigenvalue weighted by Gasteiger charge is -2.12. The molecule has 3 aromatic rings. The molecule has 0 spiro atoms. The number of carbonyl (C=O) groups excluding carboxylic acids is 1. The smallest absolute Gasteiger partial charge is 0.274 e. The number of hydrogen-bond donors (Lipinski definition) is 2. The number of rotatable bonds is 8. The predicted molar refractivity (Wildman–Crippen MR) is 112 cm³/mol. The molecule has 0 aliphatic heterocycles. The van der Waals surface area contributed by atoms with E-state index in [1.54, 1.807) is 44.7 Å². The van der Waals surface area contributed by atoms with Gasteiger partial charge in [0.2, 0.25) is 0 Å². The number of anilines is 2. The molecule has 0 unspecified atom stereocenters. The maximum atomic E-state index is 12.6. The van der Waals surface area contributed by atoms with Gasteiger partial charge >= 0.3 is 0 Å². The van der Waals surface area contributed by atoms with Gasteiger partial charge in [-0.15, -0.1) is 0 Å². The molecule has 0 aliphatic rings. The second-order valence-corrected chi connectivity index (χ2v) is 6.15. The van der Waals surface area contributed by atoms with Crippen molar-refractivity contribution in [1.29, 1.82) is 0 Å². The second kappa shape index (κ2) is 9.45. The topological polar surface area (TPSA) is 81.7 Å². The van der Waals surface area contributed by atoms with E-state index >= 15 is 0 Å². The summed E-state index contributed by atoms with van der Waals surface area (Å²) in [4.78, 5) is 16.8. The number of carbonyl (C=O) groups is 1. The molecule has 1 amide bonds. The lowest BCUT2D eigenvalue weighted by atomic mass is 10.2. The zero-order valence-electron chi connectivity index (χ0n) is 16.6. The van der Waals surface area contributed by atoms with Crippen molar-refractivity contribution >= 4 is 17.3 Å². The van der Waals surface area contributed by atoms with Gasteiger partial charge in [0.25, 0.3) is 5.91 Å². The third kappa shape index (κ3) is 5.16. The summed E-state index contributed by atoms with van der Waals surface area (Å²) in [5.41, 5.74) is 2.72. The maximum Gasteiger partial charge on any atom is 0.274 e. The highest BCUT2D eigenvalue weighted by atomic mass is 16.5. The Hall–Kier alpha value is -3.74. The van der Waals surface area contributed by atoms with Crippen molar-refractivity contribution in [2.75, 3.05) is 32.0 Å². The summed E-state index contributed by atoms with van der Waals surface area (Å²) in [6, 6.07) is 16.5. The summed E-state index contributed by atoms with van der Waals surface area (Å²) in [5, 5.41) is 6.11. The second-order valence-electron chi connectivity index (χ2n) is 6.15. The van der Waals surface area contributed by atoms with Crippen LogP contribution >= 0.6 is 0 Å². The number of amides is 1. The highest BCUT2D eigenvalue weighted by Crippen LogP contribution is 2.29. The predicted octanol–water partition coefficient (Wildman–Crippen LogP) is 3.97. The third-order valence-electron chi connectivity index (χ3n) is 4.31. The number of benzene rings is 2. The molecule has 0 aliphatic carbocycles. The highest BCUT2D eigenvalue weighted by Gasteiger charge is 2.12. The van der Waals surface area contributed by atoms with Crippen LogP contribution < -0.4 is 24.8 Å². The van der Waals surface area contributed by atoms with Crippen LogP contribution in [-0.2, 0) is 6.54 Å². The first-order valence-corrected chi connectivity index (χ1v) is 8.99. The van der Waals surface area contributed by atoms with E-state index in [0.717, 1.165) is 17.0 Å². The van der Waals surface area contributed by atoms with Gasteiger partial charge < -0.3 is 24.8 Å². The summed E-state index contributed by atoms with van der Waals surface area (Å²) in [6.45, 7) is 0.612. The molecule has 3 rings (SSSR count). The van der Waals surface area contributed by atoms with Crippen molar-refractivity contribution in [1.82, 2.24) is 4.98 Å². The van der Waals surface area contributed by atoms with Gasteiger partial charge in [0.1, 0.15) is 22.9 Å². The van der Waals surface area contributed by atoms with Crippen LogP contribution in [0.4, 0.5) is 11.4 Å². The molecule has 0 saturated carbocycles. The molecule has 1 heterocycles. The Morgan fingerprint density at radius 2 is 1.62 bits per heavy atom.